The zero-order chi connectivity index (χ0) is 14.5. The van der Waals surface area contributed by atoms with Gasteiger partial charge in [0.2, 0.25) is 0 Å². The second-order valence-electron chi connectivity index (χ2n) is 3.94. The molecule has 0 spiro atoms. The zero-order valence-corrected chi connectivity index (χ0v) is 11.7. The molecule has 0 unspecified atom stereocenters. The Hall–Kier alpha value is -2.44. The number of nitrogens with zero attached hydrogens (tertiary/aromatic N) is 4. The quantitative estimate of drug-likeness (QED) is 0.611. The highest BCUT2D eigenvalue weighted by atomic mass is 16.5. The van der Waals surface area contributed by atoms with Gasteiger partial charge in [-0.05, 0) is 20.8 Å². The van der Waals surface area contributed by atoms with Gasteiger partial charge in [0.05, 0.1) is 24.7 Å². The van der Waals surface area contributed by atoms with Crippen molar-refractivity contribution in [1.82, 2.24) is 19.6 Å². The monoisotopic (exact) mass is 276 g/mol. The third-order valence-corrected chi connectivity index (χ3v) is 2.55. The van der Waals surface area contributed by atoms with Crippen LogP contribution in [0.5, 0.6) is 0 Å². The van der Waals surface area contributed by atoms with Gasteiger partial charge in [0.15, 0.2) is 0 Å². The summed E-state index contributed by atoms with van der Waals surface area (Å²) in [6.45, 7) is 6.29. The standard InChI is InChI=1S/C13H16N4O3/c1-4-19-9(3)6-11-10(12(18)20-5-2)7-14-13-15-8-16-17(11)13/h6-8H,4-5H2,1-3H3. The van der Waals surface area contributed by atoms with Gasteiger partial charge in [0, 0.05) is 12.3 Å². The van der Waals surface area contributed by atoms with E-state index in [1.165, 1.54) is 17.0 Å². The third kappa shape index (κ3) is 2.76. The molecule has 0 N–H and O–H groups in total. The van der Waals surface area contributed by atoms with Gasteiger partial charge in [-0.25, -0.2) is 9.78 Å². The highest BCUT2D eigenvalue weighted by molar-refractivity contribution is 5.93. The normalized spacial score (nSPS) is 11.7. The van der Waals surface area contributed by atoms with Crippen LogP contribution in [0.15, 0.2) is 18.3 Å². The van der Waals surface area contributed by atoms with Gasteiger partial charge in [-0.2, -0.15) is 14.6 Å². The van der Waals surface area contributed by atoms with Crippen molar-refractivity contribution in [1.29, 1.82) is 0 Å². The lowest BCUT2D eigenvalue weighted by molar-refractivity contribution is 0.0525. The molecule has 2 rings (SSSR count). The molecule has 0 amide bonds. The summed E-state index contributed by atoms with van der Waals surface area (Å²) in [6, 6.07) is 0. The predicted octanol–water partition coefficient (Wildman–Crippen LogP) is 1.70. The number of ether oxygens (including phenoxy) is 2. The van der Waals surface area contributed by atoms with Crippen LogP contribution in [0, 0.1) is 0 Å². The first-order valence-electron chi connectivity index (χ1n) is 6.34. The highest BCUT2D eigenvalue weighted by Crippen LogP contribution is 2.15. The molecule has 0 bridgehead atoms. The topological polar surface area (TPSA) is 78.6 Å². The average molecular weight is 276 g/mol. The van der Waals surface area contributed by atoms with Crippen LogP contribution < -0.4 is 0 Å². The number of hydrogen-bond donors (Lipinski definition) is 0. The lowest BCUT2D eigenvalue weighted by Gasteiger charge is -2.08. The summed E-state index contributed by atoms with van der Waals surface area (Å²) < 4.78 is 11.9. The van der Waals surface area contributed by atoms with Gasteiger partial charge in [-0.3, -0.25) is 0 Å². The molecule has 0 aliphatic heterocycles. The van der Waals surface area contributed by atoms with E-state index in [4.69, 9.17) is 9.47 Å². The van der Waals surface area contributed by atoms with Gasteiger partial charge in [0.1, 0.15) is 11.9 Å². The number of fused-ring (bicyclic) bond motifs is 1. The van der Waals surface area contributed by atoms with Gasteiger partial charge in [-0.1, -0.05) is 0 Å². The molecule has 0 aliphatic carbocycles. The second kappa shape index (κ2) is 6.14. The van der Waals surface area contributed by atoms with E-state index in [-0.39, 0.29) is 0 Å². The first-order valence-corrected chi connectivity index (χ1v) is 6.34. The van der Waals surface area contributed by atoms with Crippen LogP contribution in [-0.2, 0) is 9.47 Å². The summed E-state index contributed by atoms with van der Waals surface area (Å²) in [5.74, 6) is 0.627. The smallest absolute Gasteiger partial charge is 0.341 e. The van der Waals surface area contributed by atoms with E-state index < -0.39 is 5.97 Å². The number of carbonyl (C=O) groups is 1. The number of esters is 1. The Bertz CT molecular complexity index is 648. The van der Waals surface area contributed by atoms with E-state index in [9.17, 15) is 4.79 Å². The molecule has 0 aliphatic rings. The van der Waals surface area contributed by atoms with Gasteiger partial charge in [-0.15, -0.1) is 0 Å². The van der Waals surface area contributed by atoms with E-state index in [0.29, 0.717) is 36.0 Å². The lowest BCUT2D eigenvalue weighted by atomic mass is 10.2. The SMILES string of the molecule is CCOC(=O)c1cnc2ncnn2c1C=C(C)OCC. The van der Waals surface area contributed by atoms with E-state index in [1.54, 1.807) is 13.0 Å². The molecule has 20 heavy (non-hydrogen) atoms. The molecule has 2 heterocycles. The Kier molecular flexibility index (Phi) is 4.29. The van der Waals surface area contributed by atoms with Crippen molar-refractivity contribution in [3.63, 3.8) is 0 Å². The number of aromatic nitrogens is 4. The summed E-state index contributed by atoms with van der Waals surface area (Å²) in [5.41, 5.74) is 0.862. The van der Waals surface area contributed by atoms with E-state index in [1.807, 2.05) is 13.8 Å². The minimum Gasteiger partial charge on any atom is -0.498 e. The van der Waals surface area contributed by atoms with Crippen molar-refractivity contribution in [2.75, 3.05) is 13.2 Å². The van der Waals surface area contributed by atoms with Crippen LogP contribution >= 0.6 is 0 Å². The maximum Gasteiger partial charge on any atom is 0.341 e. The molecule has 106 valence electrons. The molecular formula is C13H16N4O3. The Balaban J connectivity index is 2.56. The van der Waals surface area contributed by atoms with Gasteiger partial charge in [0.25, 0.3) is 5.78 Å². The van der Waals surface area contributed by atoms with E-state index >= 15 is 0 Å². The van der Waals surface area contributed by atoms with Gasteiger partial charge < -0.3 is 9.47 Å². The van der Waals surface area contributed by atoms with E-state index in [0.717, 1.165) is 0 Å². The van der Waals surface area contributed by atoms with Crippen molar-refractivity contribution in [2.24, 2.45) is 0 Å². The summed E-state index contributed by atoms with van der Waals surface area (Å²) in [7, 11) is 0. The summed E-state index contributed by atoms with van der Waals surface area (Å²) >= 11 is 0. The van der Waals surface area contributed by atoms with Crippen LogP contribution in [-0.4, -0.2) is 38.8 Å². The van der Waals surface area contributed by atoms with Crippen molar-refractivity contribution < 1.29 is 14.3 Å². The molecule has 0 radical (unpaired) electrons. The molecule has 0 fully saturated rings. The van der Waals surface area contributed by atoms with Crippen LogP contribution in [0.4, 0.5) is 0 Å². The van der Waals surface area contributed by atoms with Crippen LogP contribution in [0.1, 0.15) is 36.8 Å². The Morgan fingerprint density at radius 3 is 2.75 bits per heavy atom. The van der Waals surface area contributed by atoms with Crippen LogP contribution in [0.3, 0.4) is 0 Å². The van der Waals surface area contributed by atoms with E-state index in [2.05, 4.69) is 15.1 Å². The summed E-state index contributed by atoms with van der Waals surface area (Å²) in [6.07, 6.45) is 4.54. The average Bonchev–Trinajstić information content (AvgIpc) is 2.88. The van der Waals surface area contributed by atoms with Crippen LogP contribution in [0.25, 0.3) is 11.9 Å². The Labute approximate surface area is 116 Å². The third-order valence-electron chi connectivity index (χ3n) is 2.55. The molecule has 7 heteroatoms. The zero-order valence-electron chi connectivity index (χ0n) is 11.7. The first kappa shape index (κ1) is 14.0. The Morgan fingerprint density at radius 2 is 2.05 bits per heavy atom. The minimum atomic E-state index is -0.451. The summed E-state index contributed by atoms with van der Waals surface area (Å²) in [4.78, 5) is 20.1. The fourth-order valence-electron chi connectivity index (χ4n) is 1.76. The number of hydrogen-bond acceptors (Lipinski definition) is 6. The van der Waals surface area contributed by atoms with Crippen LogP contribution in [0.2, 0.25) is 0 Å². The molecule has 7 nitrogen and oxygen atoms in total. The lowest BCUT2D eigenvalue weighted by Crippen LogP contribution is -2.11. The number of rotatable bonds is 5. The predicted molar refractivity (Wildman–Crippen MR) is 72.0 cm³/mol. The fourth-order valence-corrected chi connectivity index (χ4v) is 1.76. The van der Waals surface area contributed by atoms with Crippen molar-refractivity contribution in [2.45, 2.75) is 20.8 Å². The molecular weight excluding hydrogens is 260 g/mol. The number of carbonyl (C=O) groups excluding carboxylic acids is 1. The Morgan fingerprint density at radius 1 is 1.30 bits per heavy atom. The molecule has 2 aromatic heterocycles. The molecule has 0 saturated heterocycles. The highest BCUT2D eigenvalue weighted by Gasteiger charge is 2.16. The fraction of sp³-hybridized carbons (Fsp3) is 0.385. The molecule has 0 saturated carbocycles. The molecule has 0 aromatic carbocycles. The first-order chi connectivity index (χ1) is 9.67. The maximum absolute atomic E-state index is 12.0. The van der Waals surface area contributed by atoms with Crippen molar-refractivity contribution >= 4 is 17.8 Å². The summed E-state index contributed by atoms with van der Waals surface area (Å²) in [5, 5.41) is 4.07. The van der Waals surface area contributed by atoms with Gasteiger partial charge >= 0.3 is 5.97 Å². The maximum atomic E-state index is 12.0. The van der Waals surface area contributed by atoms with Crippen molar-refractivity contribution in [3.05, 3.63) is 29.5 Å². The van der Waals surface area contributed by atoms with Crippen molar-refractivity contribution in [3.8, 4) is 0 Å². The second-order valence-corrected chi connectivity index (χ2v) is 3.94. The molecule has 2 aromatic rings. The number of allylic oxidation sites excluding steroid dienone is 1. The molecule has 0 atom stereocenters. The largest absolute Gasteiger partial charge is 0.498 e. The minimum absolute atomic E-state index is 0.293.